The van der Waals surface area contributed by atoms with E-state index in [0.717, 1.165) is 29.7 Å². The maximum absolute atomic E-state index is 12.1. The van der Waals surface area contributed by atoms with Crippen LogP contribution in [0.15, 0.2) is 40.2 Å². The van der Waals surface area contributed by atoms with Crippen molar-refractivity contribution in [3.8, 4) is 0 Å². The van der Waals surface area contributed by atoms with E-state index in [1.807, 2.05) is 35.6 Å². The van der Waals surface area contributed by atoms with Crippen LogP contribution in [-0.2, 0) is 17.8 Å². The number of benzene rings is 1. The highest BCUT2D eigenvalue weighted by Crippen LogP contribution is 2.23. The van der Waals surface area contributed by atoms with Crippen molar-refractivity contribution in [2.24, 2.45) is 0 Å². The van der Waals surface area contributed by atoms with Crippen LogP contribution >= 0.6 is 27.3 Å². The molecule has 0 bridgehead atoms. The molecular formula is C15H15BrN2OS. The Bertz CT molecular complexity index is 609. The van der Waals surface area contributed by atoms with Crippen molar-refractivity contribution in [3.63, 3.8) is 0 Å². The lowest BCUT2D eigenvalue weighted by atomic mass is 10.1. The van der Waals surface area contributed by atoms with E-state index < -0.39 is 0 Å². The number of nitrogens with one attached hydrogen (secondary N) is 1. The van der Waals surface area contributed by atoms with Crippen molar-refractivity contribution in [1.29, 1.82) is 0 Å². The second kappa shape index (κ2) is 6.08. The van der Waals surface area contributed by atoms with E-state index in [1.165, 1.54) is 10.4 Å². The molecule has 1 N–H and O–H groups in total. The molecule has 1 amide bonds. The average molecular weight is 351 g/mol. The highest BCUT2D eigenvalue weighted by Gasteiger charge is 2.19. The Hall–Kier alpha value is -1.17. The molecule has 2 aromatic rings. The average Bonchev–Trinajstić information content (AvgIpc) is 2.89. The standard InChI is InChI=1S/C15H15BrN2OS/c16-12-1-3-13(4-2-12)17-15(19)10-18-7-5-14-11(9-18)6-8-20-14/h1-4,6,8H,5,7,9-10H2,(H,17,19). The quantitative estimate of drug-likeness (QED) is 0.918. The number of anilines is 1. The number of nitrogens with zero attached hydrogens (tertiary/aromatic N) is 1. The molecule has 1 aromatic heterocycles. The van der Waals surface area contributed by atoms with Gasteiger partial charge >= 0.3 is 0 Å². The van der Waals surface area contributed by atoms with E-state index in [0.29, 0.717) is 6.54 Å². The molecule has 0 atom stereocenters. The zero-order valence-corrected chi connectivity index (χ0v) is 13.3. The van der Waals surface area contributed by atoms with Crippen LogP contribution in [-0.4, -0.2) is 23.9 Å². The van der Waals surface area contributed by atoms with Gasteiger partial charge in [-0.15, -0.1) is 11.3 Å². The van der Waals surface area contributed by atoms with Crippen molar-refractivity contribution in [1.82, 2.24) is 4.90 Å². The lowest BCUT2D eigenvalue weighted by Gasteiger charge is -2.26. The van der Waals surface area contributed by atoms with Crippen molar-refractivity contribution in [2.45, 2.75) is 13.0 Å². The molecule has 0 saturated carbocycles. The summed E-state index contributed by atoms with van der Waals surface area (Å²) < 4.78 is 1.01. The van der Waals surface area contributed by atoms with Gasteiger partial charge in [0.15, 0.2) is 0 Å². The first-order valence-electron chi connectivity index (χ1n) is 6.54. The van der Waals surface area contributed by atoms with E-state index in [1.54, 1.807) is 0 Å². The van der Waals surface area contributed by atoms with E-state index >= 15 is 0 Å². The minimum absolute atomic E-state index is 0.0472. The third-order valence-electron chi connectivity index (χ3n) is 3.38. The fourth-order valence-electron chi connectivity index (χ4n) is 2.38. The van der Waals surface area contributed by atoms with Gasteiger partial charge in [-0.2, -0.15) is 0 Å². The van der Waals surface area contributed by atoms with Crippen molar-refractivity contribution in [3.05, 3.63) is 50.6 Å². The van der Waals surface area contributed by atoms with Gasteiger partial charge in [0.05, 0.1) is 6.54 Å². The Morgan fingerprint density at radius 1 is 1.30 bits per heavy atom. The second-order valence-corrected chi connectivity index (χ2v) is 6.80. The largest absolute Gasteiger partial charge is 0.325 e. The van der Waals surface area contributed by atoms with Crippen LogP contribution in [0.3, 0.4) is 0 Å². The van der Waals surface area contributed by atoms with Gasteiger partial charge < -0.3 is 5.32 Å². The lowest BCUT2D eigenvalue weighted by molar-refractivity contribution is -0.117. The third kappa shape index (κ3) is 3.29. The molecule has 0 aliphatic carbocycles. The van der Waals surface area contributed by atoms with Crippen LogP contribution in [0.1, 0.15) is 10.4 Å². The molecule has 1 aliphatic rings. The first kappa shape index (κ1) is 13.8. The summed E-state index contributed by atoms with van der Waals surface area (Å²) in [4.78, 5) is 15.7. The normalized spacial score (nSPS) is 14.8. The summed E-state index contributed by atoms with van der Waals surface area (Å²) in [6.45, 7) is 2.29. The Morgan fingerprint density at radius 3 is 2.90 bits per heavy atom. The summed E-state index contributed by atoms with van der Waals surface area (Å²) in [6, 6.07) is 9.81. The van der Waals surface area contributed by atoms with Crippen molar-refractivity contribution >= 4 is 38.9 Å². The minimum Gasteiger partial charge on any atom is -0.325 e. The number of thiophene rings is 1. The zero-order chi connectivity index (χ0) is 13.9. The molecule has 104 valence electrons. The molecular weight excluding hydrogens is 336 g/mol. The SMILES string of the molecule is O=C(CN1CCc2sccc2C1)Nc1ccc(Br)cc1. The Morgan fingerprint density at radius 2 is 2.10 bits per heavy atom. The highest BCUT2D eigenvalue weighted by atomic mass is 79.9. The zero-order valence-electron chi connectivity index (χ0n) is 10.9. The van der Waals surface area contributed by atoms with Gasteiger partial charge in [-0.3, -0.25) is 9.69 Å². The lowest BCUT2D eigenvalue weighted by Crippen LogP contribution is -2.36. The van der Waals surface area contributed by atoms with Gasteiger partial charge in [0.2, 0.25) is 5.91 Å². The third-order valence-corrected chi connectivity index (χ3v) is 4.93. The van der Waals surface area contributed by atoms with Gasteiger partial charge in [-0.25, -0.2) is 0 Å². The van der Waals surface area contributed by atoms with Crippen LogP contribution in [0.25, 0.3) is 0 Å². The predicted molar refractivity (Wildman–Crippen MR) is 86.1 cm³/mol. The number of rotatable bonds is 3. The Labute approximate surface area is 130 Å². The summed E-state index contributed by atoms with van der Waals surface area (Å²) in [6.07, 6.45) is 1.05. The first-order chi connectivity index (χ1) is 9.70. The highest BCUT2D eigenvalue weighted by molar-refractivity contribution is 9.10. The van der Waals surface area contributed by atoms with Gasteiger partial charge in [0.1, 0.15) is 0 Å². The molecule has 5 heteroatoms. The van der Waals surface area contributed by atoms with Crippen LogP contribution in [0, 0.1) is 0 Å². The molecule has 20 heavy (non-hydrogen) atoms. The van der Waals surface area contributed by atoms with Crippen molar-refractivity contribution in [2.75, 3.05) is 18.4 Å². The van der Waals surface area contributed by atoms with Crippen molar-refractivity contribution < 1.29 is 4.79 Å². The topological polar surface area (TPSA) is 32.3 Å². The smallest absolute Gasteiger partial charge is 0.238 e. The van der Waals surface area contributed by atoms with Gasteiger partial charge in [-0.1, -0.05) is 15.9 Å². The number of amides is 1. The number of halogens is 1. The monoisotopic (exact) mass is 350 g/mol. The summed E-state index contributed by atoms with van der Waals surface area (Å²) in [7, 11) is 0. The van der Waals surface area contributed by atoms with E-state index in [2.05, 4.69) is 37.6 Å². The summed E-state index contributed by atoms with van der Waals surface area (Å²) in [5.41, 5.74) is 2.21. The minimum atomic E-state index is 0.0472. The van der Waals surface area contributed by atoms with Crippen LogP contribution < -0.4 is 5.32 Å². The maximum Gasteiger partial charge on any atom is 0.238 e. The summed E-state index contributed by atoms with van der Waals surface area (Å²) in [5, 5.41) is 5.07. The summed E-state index contributed by atoms with van der Waals surface area (Å²) in [5.74, 6) is 0.0472. The van der Waals surface area contributed by atoms with E-state index in [4.69, 9.17) is 0 Å². The molecule has 0 unspecified atom stereocenters. The predicted octanol–water partition coefficient (Wildman–Crippen LogP) is 3.51. The van der Waals surface area contributed by atoms with Crippen LogP contribution in [0.4, 0.5) is 5.69 Å². The Kier molecular flexibility index (Phi) is 4.19. The van der Waals surface area contributed by atoms with Gasteiger partial charge in [-0.05, 0) is 47.7 Å². The number of hydrogen-bond donors (Lipinski definition) is 1. The van der Waals surface area contributed by atoms with Crippen LogP contribution in [0.5, 0.6) is 0 Å². The maximum atomic E-state index is 12.1. The number of hydrogen-bond acceptors (Lipinski definition) is 3. The first-order valence-corrected chi connectivity index (χ1v) is 8.21. The Balaban J connectivity index is 1.56. The van der Waals surface area contributed by atoms with Gasteiger partial charge in [0, 0.05) is 28.1 Å². The molecule has 0 radical (unpaired) electrons. The summed E-state index contributed by atoms with van der Waals surface area (Å²) >= 11 is 5.20. The molecule has 1 aromatic carbocycles. The molecule has 0 fully saturated rings. The van der Waals surface area contributed by atoms with E-state index in [9.17, 15) is 4.79 Å². The number of carbonyl (C=O) groups is 1. The van der Waals surface area contributed by atoms with E-state index in [-0.39, 0.29) is 5.91 Å². The van der Waals surface area contributed by atoms with Gasteiger partial charge in [0.25, 0.3) is 0 Å². The second-order valence-electron chi connectivity index (χ2n) is 4.88. The molecule has 3 rings (SSSR count). The molecule has 2 heterocycles. The molecule has 0 saturated heterocycles. The fourth-order valence-corrected chi connectivity index (χ4v) is 3.53. The molecule has 3 nitrogen and oxygen atoms in total. The molecule has 0 spiro atoms. The van der Waals surface area contributed by atoms with Crippen LogP contribution in [0.2, 0.25) is 0 Å². The number of carbonyl (C=O) groups excluding carboxylic acids is 1. The molecule has 1 aliphatic heterocycles. The fraction of sp³-hybridized carbons (Fsp3) is 0.267. The number of fused-ring (bicyclic) bond motifs is 1.